The molecule has 0 saturated heterocycles. The number of phosphoric ester groups is 1. The normalized spacial score (nSPS) is 19.1. The number of hydrogen-bond acceptors (Lipinski definition) is 8. The van der Waals surface area contributed by atoms with E-state index in [0.717, 1.165) is 0 Å². The van der Waals surface area contributed by atoms with Crippen LogP contribution in [-0.4, -0.2) is 77.4 Å². The van der Waals surface area contributed by atoms with Crippen LogP contribution in [0.4, 0.5) is 0 Å². The van der Waals surface area contributed by atoms with Crippen molar-refractivity contribution in [2.75, 3.05) is 6.61 Å². The van der Waals surface area contributed by atoms with Crippen molar-refractivity contribution in [3.05, 3.63) is 11.8 Å². The van der Waals surface area contributed by atoms with Crippen LogP contribution in [-0.2, 0) is 13.9 Å². The largest absolute Gasteiger partial charge is 0.525 e. The molecule has 4 atom stereocenters. The van der Waals surface area contributed by atoms with Crippen LogP contribution in [0.5, 0.6) is 0 Å². The number of carboxylic acids is 1. The van der Waals surface area contributed by atoms with E-state index in [1.165, 1.54) is 0 Å². The van der Waals surface area contributed by atoms with Gasteiger partial charge < -0.3 is 35.2 Å². The average Bonchev–Trinajstić information content (AvgIpc) is 2.33. The van der Waals surface area contributed by atoms with E-state index >= 15 is 0 Å². The molecule has 0 saturated carbocycles. The minimum Gasteiger partial charge on any atom is -0.475 e. The first-order valence-corrected chi connectivity index (χ1v) is 6.56. The van der Waals surface area contributed by atoms with Gasteiger partial charge in [0.2, 0.25) is 5.76 Å². The lowest BCUT2D eigenvalue weighted by atomic mass is 10.0. The molecular formula is C8H15O11P. The second-order valence-electron chi connectivity index (χ2n) is 3.64. The molecule has 0 aliphatic heterocycles. The molecule has 0 bridgehead atoms. The number of carbonyl (C=O) groups is 1. The lowest BCUT2D eigenvalue weighted by Gasteiger charge is -2.24. The summed E-state index contributed by atoms with van der Waals surface area (Å²) in [5, 5.41) is 54.1. The Morgan fingerprint density at radius 3 is 2.00 bits per heavy atom. The number of carboxylic acid groups (broad SMARTS) is 1. The van der Waals surface area contributed by atoms with Crippen molar-refractivity contribution in [2.24, 2.45) is 0 Å². The summed E-state index contributed by atoms with van der Waals surface area (Å²) in [4.78, 5) is 27.5. The summed E-state index contributed by atoms with van der Waals surface area (Å²) in [6, 6.07) is 0. The number of aliphatic hydroxyl groups is 5. The zero-order chi connectivity index (χ0) is 16.1. The third-order valence-corrected chi connectivity index (χ3v) is 2.47. The van der Waals surface area contributed by atoms with Crippen LogP contribution in [0.3, 0.4) is 0 Å². The first kappa shape index (κ1) is 19.0. The topological polar surface area (TPSA) is 205 Å². The molecular weight excluding hydrogens is 303 g/mol. The Morgan fingerprint density at radius 1 is 1.15 bits per heavy atom. The maximum Gasteiger partial charge on any atom is 0.525 e. The first-order valence-electron chi connectivity index (χ1n) is 5.03. The first-order chi connectivity index (χ1) is 8.99. The van der Waals surface area contributed by atoms with Gasteiger partial charge in [-0.2, -0.15) is 0 Å². The van der Waals surface area contributed by atoms with Gasteiger partial charge in [-0.15, -0.1) is 0 Å². The van der Waals surface area contributed by atoms with Gasteiger partial charge in [-0.3, -0.25) is 9.79 Å². The Hall–Kier alpha value is -1.04. The molecule has 11 nitrogen and oxygen atoms in total. The molecule has 0 fully saturated rings. The molecule has 0 aromatic heterocycles. The highest BCUT2D eigenvalue weighted by Crippen LogP contribution is 2.39. The van der Waals surface area contributed by atoms with E-state index in [1.807, 2.05) is 0 Å². The molecule has 0 unspecified atom stereocenters. The summed E-state index contributed by atoms with van der Waals surface area (Å²) < 4.78 is 14.2. The predicted octanol–water partition coefficient (Wildman–Crippen LogP) is -3.50. The van der Waals surface area contributed by atoms with Crippen LogP contribution in [0, 0.1) is 0 Å². The maximum atomic E-state index is 10.6. The summed E-state index contributed by atoms with van der Waals surface area (Å²) in [5.41, 5.74) is 0. The minimum absolute atomic E-state index is 0.222. The SMILES string of the molecule is O=C(O)/C(=C\[C@H](O)[C@@H](O)[C@H](O)[C@H](O)CO)OP(=O)(O)O. The van der Waals surface area contributed by atoms with Crippen LogP contribution in [0.2, 0.25) is 0 Å². The summed E-state index contributed by atoms with van der Waals surface area (Å²) >= 11 is 0. The molecule has 0 heterocycles. The lowest BCUT2D eigenvalue weighted by Crippen LogP contribution is -2.45. The number of hydrogen-bond donors (Lipinski definition) is 8. The monoisotopic (exact) mass is 318 g/mol. The van der Waals surface area contributed by atoms with Crippen molar-refractivity contribution >= 4 is 13.8 Å². The van der Waals surface area contributed by atoms with Gasteiger partial charge in [-0.1, -0.05) is 0 Å². The molecule has 118 valence electrons. The molecule has 0 aliphatic carbocycles. The van der Waals surface area contributed by atoms with Gasteiger partial charge in [0.1, 0.15) is 24.4 Å². The molecule has 0 amide bonds. The molecule has 8 N–H and O–H groups in total. The highest BCUT2D eigenvalue weighted by molar-refractivity contribution is 7.46. The number of aliphatic carboxylic acids is 1. The van der Waals surface area contributed by atoms with E-state index in [4.69, 9.17) is 25.1 Å². The fourth-order valence-electron chi connectivity index (χ4n) is 1.06. The van der Waals surface area contributed by atoms with Gasteiger partial charge >= 0.3 is 13.8 Å². The standard InChI is InChI=1S/C8H15O11P/c9-2-4(11)7(13)6(12)3(10)1-5(8(14)15)19-20(16,17)18/h1,3-4,6-7,9-13H,2H2,(H,14,15)(H2,16,17,18)/b5-1+/t3-,4+,6+,7+/m0/s1. The third kappa shape index (κ3) is 6.41. The van der Waals surface area contributed by atoms with Gasteiger partial charge in [0.25, 0.3) is 0 Å². The average molecular weight is 318 g/mol. The van der Waals surface area contributed by atoms with Crippen molar-refractivity contribution in [1.29, 1.82) is 0 Å². The van der Waals surface area contributed by atoms with Crippen molar-refractivity contribution < 1.29 is 54.3 Å². The number of rotatable bonds is 8. The fraction of sp³-hybridized carbons (Fsp3) is 0.625. The minimum atomic E-state index is -5.20. The third-order valence-electron chi connectivity index (χ3n) is 2.03. The summed E-state index contributed by atoms with van der Waals surface area (Å²) in [6.45, 7) is -0.945. The second-order valence-corrected chi connectivity index (χ2v) is 4.80. The number of aliphatic hydroxyl groups excluding tert-OH is 5. The van der Waals surface area contributed by atoms with Crippen molar-refractivity contribution in [2.45, 2.75) is 24.4 Å². The van der Waals surface area contributed by atoms with Crippen molar-refractivity contribution in [3.63, 3.8) is 0 Å². The highest BCUT2D eigenvalue weighted by atomic mass is 31.2. The fourth-order valence-corrected chi connectivity index (χ4v) is 1.46. The molecule has 0 aromatic carbocycles. The predicted molar refractivity (Wildman–Crippen MR) is 60.0 cm³/mol. The van der Waals surface area contributed by atoms with Gasteiger partial charge in [0, 0.05) is 0 Å². The van der Waals surface area contributed by atoms with Crippen LogP contribution in [0.15, 0.2) is 11.8 Å². The zero-order valence-corrected chi connectivity index (χ0v) is 10.7. The quantitative estimate of drug-likeness (QED) is 0.125. The maximum absolute atomic E-state index is 10.6. The van der Waals surface area contributed by atoms with Crippen LogP contribution in [0.1, 0.15) is 0 Å². The molecule has 0 radical (unpaired) electrons. The lowest BCUT2D eigenvalue weighted by molar-refractivity contribution is -0.135. The number of phosphoric acid groups is 1. The molecule has 0 aromatic rings. The van der Waals surface area contributed by atoms with E-state index in [2.05, 4.69) is 4.52 Å². The zero-order valence-electron chi connectivity index (χ0n) is 9.84. The second kappa shape index (κ2) is 7.67. The Kier molecular flexibility index (Phi) is 7.27. The molecule has 12 heteroatoms. The van der Waals surface area contributed by atoms with Gasteiger partial charge in [0.05, 0.1) is 6.61 Å². The van der Waals surface area contributed by atoms with Gasteiger partial charge in [0.15, 0.2) is 0 Å². The molecule has 20 heavy (non-hydrogen) atoms. The highest BCUT2D eigenvalue weighted by Gasteiger charge is 2.31. The molecule has 0 rings (SSSR count). The smallest absolute Gasteiger partial charge is 0.475 e. The Bertz CT molecular complexity index is 401. The van der Waals surface area contributed by atoms with Crippen molar-refractivity contribution in [1.82, 2.24) is 0 Å². The van der Waals surface area contributed by atoms with E-state index in [9.17, 15) is 24.7 Å². The van der Waals surface area contributed by atoms with Crippen molar-refractivity contribution in [3.8, 4) is 0 Å². The summed E-state index contributed by atoms with van der Waals surface area (Å²) in [5.74, 6) is -3.31. The summed E-state index contributed by atoms with van der Waals surface area (Å²) in [6.07, 6.45) is -7.89. The van der Waals surface area contributed by atoms with E-state index < -0.39 is 50.6 Å². The Labute approximate surface area is 112 Å². The van der Waals surface area contributed by atoms with Gasteiger partial charge in [-0.25, -0.2) is 9.36 Å². The van der Waals surface area contributed by atoms with Crippen LogP contribution in [0.25, 0.3) is 0 Å². The van der Waals surface area contributed by atoms with E-state index in [1.54, 1.807) is 0 Å². The Balaban J connectivity index is 5.05. The van der Waals surface area contributed by atoms with Gasteiger partial charge in [-0.05, 0) is 6.08 Å². The molecule has 0 aliphatic rings. The Morgan fingerprint density at radius 2 is 1.65 bits per heavy atom. The van der Waals surface area contributed by atoms with E-state index in [-0.39, 0.29) is 6.08 Å². The van der Waals surface area contributed by atoms with Crippen LogP contribution >= 0.6 is 7.82 Å². The summed E-state index contributed by atoms with van der Waals surface area (Å²) in [7, 11) is -5.20. The molecule has 0 spiro atoms. The van der Waals surface area contributed by atoms with Crippen LogP contribution < -0.4 is 0 Å². The van der Waals surface area contributed by atoms with E-state index in [0.29, 0.717) is 0 Å².